The number of ether oxygens (including phenoxy) is 2. The maximum absolute atomic E-state index is 12.5. The number of nitrogens with zero attached hydrogens (tertiary/aromatic N) is 3. The molecule has 0 aliphatic carbocycles. The molecule has 0 unspecified atom stereocenters. The molecule has 8 heteroatoms. The lowest BCUT2D eigenvalue weighted by Gasteiger charge is -2.28. The zero-order valence-corrected chi connectivity index (χ0v) is 14.9. The van der Waals surface area contributed by atoms with Crippen molar-refractivity contribution in [2.75, 3.05) is 36.5 Å². The first-order chi connectivity index (χ1) is 13.2. The number of amides is 1. The number of benzene rings is 2. The average Bonchev–Trinajstić information content (AvgIpc) is 3.20. The van der Waals surface area contributed by atoms with Crippen LogP contribution in [0.2, 0.25) is 0 Å². The zero-order valence-electron chi connectivity index (χ0n) is 14.9. The number of hydrogen-bond acceptors (Lipinski definition) is 7. The first kappa shape index (κ1) is 17.3. The van der Waals surface area contributed by atoms with Gasteiger partial charge in [-0.05, 0) is 41.5 Å². The van der Waals surface area contributed by atoms with Crippen LogP contribution in [-0.2, 0) is 9.53 Å². The van der Waals surface area contributed by atoms with E-state index in [0.29, 0.717) is 35.7 Å². The summed E-state index contributed by atoms with van der Waals surface area (Å²) >= 11 is 0. The van der Waals surface area contributed by atoms with Crippen molar-refractivity contribution in [2.45, 2.75) is 13.0 Å². The average molecular weight is 368 g/mol. The van der Waals surface area contributed by atoms with Crippen molar-refractivity contribution in [3.8, 4) is 5.75 Å². The molecule has 3 aromatic rings. The van der Waals surface area contributed by atoms with E-state index >= 15 is 0 Å². The van der Waals surface area contributed by atoms with Crippen molar-refractivity contribution in [2.24, 2.45) is 0 Å². The molecule has 1 aliphatic heterocycles. The molecule has 1 fully saturated rings. The van der Waals surface area contributed by atoms with Gasteiger partial charge < -0.3 is 19.7 Å². The van der Waals surface area contributed by atoms with Gasteiger partial charge in [0.1, 0.15) is 5.75 Å². The van der Waals surface area contributed by atoms with Gasteiger partial charge in [-0.2, -0.15) is 0 Å². The minimum Gasteiger partial charge on any atom is -0.481 e. The van der Waals surface area contributed by atoms with Gasteiger partial charge in [0.05, 0.1) is 24.6 Å². The first-order valence-electron chi connectivity index (χ1n) is 8.83. The lowest BCUT2D eigenvalue weighted by Crippen LogP contribution is -2.36. The van der Waals surface area contributed by atoms with Crippen LogP contribution in [0.3, 0.4) is 0 Å². The molecule has 4 rings (SSSR count). The molecule has 1 amide bonds. The fourth-order valence-corrected chi connectivity index (χ4v) is 3.00. The fourth-order valence-electron chi connectivity index (χ4n) is 3.00. The number of carbonyl (C=O) groups excluding carboxylic acids is 1. The third-order valence-corrected chi connectivity index (χ3v) is 4.43. The van der Waals surface area contributed by atoms with Crippen molar-refractivity contribution in [3.05, 3.63) is 42.5 Å². The summed E-state index contributed by atoms with van der Waals surface area (Å²) in [5.74, 6) is 0.360. The van der Waals surface area contributed by atoms with Crippen molar-refractivity contribution >= 4 is 28.3 Å². The lowest BCUT2D eigenvalue weighted by molar-refractivity contribution is -0.122. The maximum atomic E-state index is 12.5. The van der Waals surface area contributed by atoms with E-state index in [0.717, 1.165) is 18.8 Å². The summed E-state index contributed by atoms with van der Waals surface area (Å²) in [4.78, 5) is 14.7. The summed E-state index contributed by atoms with van der Waals surface area (Å²) in [7, 11) is 0. The predicted octanol–water partition coefficient (Wildman–Crippen LogP) is 2.47. The Bertz CT molecular complexity index is 922. The Kier molecular flexibility index (Phi) is 4.88. The molecule has 8 nitrogen and oxygen atoms in total. The van der Waals surface area contributed by atoms with Gasteiger partial charge in [-0.1, -0.05) is 18.2 Å². The van der Waals surface area contributed by atoms with E-state index in [4.69, 9.17) is 14.1 Å². The van der Waals surface area contributed by atoms with Crippen LogP contribution in [0, 0.1) is 0 Å². The second kappa shape index (κ2) is 7.63. The standard InChI is InChI=1S/C19H20N4O4/c1-13(26-14-5-3-2-4-6-14)19(24)20-15-7-8-16(18-17(15)21-27-22-18)23-9-11-25-12-10-23/h2-8,13H,9-12H2,1H3,(H,20,24)/t13-/m0/s1. The van der Waals surface area contributed by atoms with Crippen LogP contribution >= 0.6 is 0 Å². The zero-order chi connectivity index (χ0) is 18.6. The number of carbonyl (C=O) groups is 1. The molecule has 0 saturated carbocycles. The molecule has 1 aliphatic rings. The Balaban J connectivity index is 1.52. The van der Waals surface area contributed by atoms with E-state index in [2.05, 4.69) is 20.5 Å². The van der Waals surface area contributed by atoms with Crippen molar-refractivity contribution < 1.29 is 18.9 Å². The SMILES string of the molecule is C[C@H](Oc1ccccc1)C(=O)Nc1ccc(N2CCOCC2)c2nonc12. The number of para-hydroxylation sites is 1. The number of rotatable bonds is 5. The minimum atomic E-state index is -0.666. The molecule has 2 aromatic carbocycles. The third kappa shape index (κ3) is 3.70. The second-order valence-electron chi connectivity index (χ2n) is 6.26. The van der Waals surface area contributed by atoms with Crippen molar-refractivity contribution in [3.63, 3.8) is 0 Å². The van der Waals surface area contributed by atoms with Gasteiger partial charge in [0.2, 0.25) is 0 Å². The molecule has 1 atom stereocenters. The van der Waals surface area contributed by atoms with Crippen LogP contribution in [0.15, 0.2) is 47.1 Å². The van der Waals surface area contributed by atoms with Gasteiger partial charge in [0.25, 0.3) is 5.91 Å². The molecule has 140 valence electrons. The Morgan fingerprint density at radius 1 is 1.11 bits per heavy atom. The summed E-state index contributed by atoms with van der Waals surface area (Å²) in [6.45, 7) is 4.58. The van der Waals surface area contributed by atoms with Gasteiger partial charge in [-0.15, -0.1) is 0 Å². The molecule has 1 N–H and O–H groups in total. The molecule has 27 heavy (non-hydrogen) atoms. The van der Waals surface area contributed by atoms with E-state index in [1.807, 2.05) is 30.3 Å². The quantitative estimate of drug-likeness (QED) is 0.740. The van der Waals surface area contributed by atoms with Crippen LogP contribution in [0.1, 0.15) is 6.92 Å². The van der Waals surface area contributed by atoms with Crippen LogP contribution in [0.25, 0.3) is 11.0 Å². The van der Waals surface area contributed by atoms with Gasteiger partial charge >= 0.3 is 0 Å². The van der Waals surface area contributed by atoms with Crippen molar-refractivity contribution in [1.82, 2.24) is 10.3 Å². The highest BCUT2D eigenvalue weighted by Gasteiger charge is 2.21. The minimum absolute atomic E-state index is 0.276. The van der Waals surface area contributed by atoms with Crippen molar-refractivity contribution in [1.29, 1.82) is 0 Å². The van der Waals surface area contributed by atoms with Crippen LogP contribution in [0.5, 0.6) is 5.75 Å². The second-order valence-corrected chi connectivity index (χ2v) is 6.26. The molecule has 1 aromatic heterocycles. The number of nitrogens with one attached hydrogen (secondary N) is 1. The van der Waals surface area contributed by atoms with E-state index in [1.165, 1.54) is 0 Å². The Morgan fingerprint density at radius 3 is 2.63 bits per heavy atom. The highest BCUT2D eigenvalue weighted by atomic mass is 16.6. The summed E-state index contributed by atoms with van der Waals surface area (Å²) in [6.07, 6.45) is -0.666. The highest BCUT2D eigenvalue weighted by molar-refractivity contribution is 6.04. The summed E-state index contributed by atoms with van der Waals surface area (Å²) in [5, 5.41) is 10.8. The number of aromatic nitrogens is 2. The van der Waals surface area contributed by atoms with E-state index in [9.17, 15) is 4.79 Å². The first-order valence-corrected chi connectivity index (χ1v) is 8.83. The monoisotopic (exact) mass is 368 g/mol. The topological polar surface area (TPSA) is 89.7 Å². The number of anilines is 2. The molecule has 0 spiro atoms. The largest absolute Gasteiger partial charge is 0.481 e. The Morgan fingerprint density at radius 2 is 1.85 bits per heavy atom. The van der Waals surface area contributed by atoms with Crippen LogP contribution in [-0.4, -0.2) is 48.6 Å². The molecular weight excluding hydrogens is 348 g/mol. The van der Waals surface area contributed by atoms with Gasteiger partial charge in [0, 0.05) is 13.1 Å². The van der Waals surface area contributed by atoms with E-state index in [1.54, 1.807) is 19.1 Å². The van der Waals surface area contributed by atoms with Gasteiger partial charge in [-0.3, -0.25) is 4.79 Å². The normalized spacial score (nSPS) is 15.5. The molecular formula is C19H20N4O4. The summed E-state index contributed by atoms with van der Waals surface area (Å²) < 4.78 is 16.0. The van der Waals surface area contributed by atoms with Crippen LogP contribution in [0.4, 0.5) is 11.4 Å². The number of fused-ring (bicyclic) bond motifs is 1. The summed E-state index contributed by atoms with van der Waals surface area (Å²) in [6, 6.07) is 12.9. The molecule has 0 radical (unpaired) electrons. The van der Waals surface area contributed by atoms with Crippen LogP contribution < -0.4 is 15.0 Å². The van der Waals surface area contributed by atoms with Gasteiger partial charge in [0.15, 0.2) is 17.1 Å². The number of morpholine rings is 1. The molecule has 2 heterocycles. The van der Waals surface area contributed by atoms with E-state index < -0.39 is 6.10 Å². The number of hydrogen-bond donors (Lipinski definition) is 1. The maximum Gasteiger partial charge on any atom is 0.265 e. The Labute approximate surface area is 156 Å². The Hall–Kier alpha value is -3.13. The molecule has 1 saturated heterocycles. The molecule has 0 bridgehead atoms. The highest BCUT2D eigenvalue weighted by Crippen LogP contribution is 2.30. The lowest BCUT2D eigenvalue weighted by atomic mass is 10.2. The fraction of sp³-hybridized carbons (Fsp3) is 0.316. The summed E-state index contributed by atoms with van der Waals surface area (Å²) in [5.41, 5.74) is 2.59. The third-order valence-electron chi connectivity index (χ3n) is 4.43. The van der Waals surface area contributed by atoms with E-state index in [-0.39, 0.29) is 5.91 Å². The van der Waals surface area contributed by atoms with Gasteiger partial charge in [-0.25, -0.2) is 4.63 Å². The predicted molar refractivity (Wildman–Crippen MR) is 100.0 cm³/mol. The smallest absolute Gasteiger partial charge is 0.265 e.